The van der Waals surface area contributed by atoms with Crippen LogP contribution in [0.15, 0.2) is 41.8 Å². The Morgan fingerprint density at radius 3 is 2.46 bits per heavy atom. The molecule has 2 rings (SSSR count). The number of carbonyl (C=O) groups excluding carboxylic acids is 2. The summed E-state index contributed by atoms with van der Waals surface area (Å²) in [6.45, 7) is 2.28. The summed E-state index contributed by atoms with van der Waals surface area (Å²) >= 11 is 1.59. The van der Waals surface area contributed by atoms with Gasteiger partial charge in [-0.1, -0.05) is 6.07 Å². The highest BCUT2D eigenvalue weighted by Gasteiger charge is 2.16. The lowest BCUT2D eigenvalue weighted by molar-refractivity contribution is -0.862. The molecule has 0 saturated carbocycles. The van der Waals surface area contributed by atoms with Crippen LogP contribution in [0.2, 0.25) is 0 Å². The third-order valence-corrected chi connectivity index (χ3v) is 4.46. The maximum absolute atomic E-state index is 12.8. The smallest absolute Gasteiger partial charge is 0.279 e. The van der Waals surface area contributed by atoms with Gasteiger partial charge in [-0.25, -0.2) is 4.39 Å². The first-order valence-corrected chi connectivity index (χ1v) is 8.51. The second-order valence-electron chi connectivity index (χ2n) is 5.67. The predicted octanol–water partition coefficient (Wildman–Crippen LogP) is 1.22. The number of nitrogens with one attached hydrogen (secondary N) is 3. The average molecular weight is 350 g/mol. The first-order chi connectivity index (χ1) is 11.4. The monoisotopic (exact) mass is 350 g/mol. The Morgan fingerprint density at radius 2 is 1.83 bits per heavy atom. The highest BCUT2D eigenvalue weighted by atomic mass is 32.1. The van der Waals surface area contributed by atoms with Crippen molar-refractivity contribution in [2.45, 2.75) is 13.0 Å². The van der Waals surface area contributed by atoms with Gasteiger partial charge in [0.25, 0.3) is 11.8 Å². The molecule has 0 fully saturated rings. The van der Waals surface area contributed by atoms with Gasteiger partial charge in [-0.3, -0.25) is 9.59 Å². The summed E-state index contributed by atoms with van der Waals surface area (Å²) < 4.78 is 12.8. The molecule has 0 spiro atoms. The van der Waals surface area contributed by atoms with Crippen LogP contribution in [0.5, 0.6) is 0 Å². The number of carbonyl (C=O) groups is 2. The van der Waals surface area contributed by atoms with Gasteiger partial charge in [0.05, 0.1) is 13.1 Å². The Bertz CT molecular complexity index is 674. The fourth-order valence-electron chi connectivity index (χ4n) is 2.25. The van der Waals surface area contributed by atoms with E-state index in [1.54, 1.807) is 18.4 Å². The fraction of sp³-hybridized carbons (Fsp3) is 0.294. The van der Waals surface area contributed by atoms with Crippen LogP contribution in [0.3, 0.4) is 0 Å². The molecule has 1 heterocycles. The molecule has 1 unspecified atom stereocenters. The number of benzene rings is 1. The van der Waals surface area contributed by atoms with Crippen molar-refractivity contribution in [2.75, 3.05) is 25.5 Å². The van der Waals surface area contributed by atoms with Crippen LogP contribution in [0.1, 0.15) is 17.8 Å². The Labute approximate surface area is 144 Å². The molecule has 0 saturated heterocycles. The molecule has 1 aromatic heterocycles. The molecule has 128 valence electrons. The molecule has 0 aliphatic carbocycles. The van der Waals surface area contributed by atoms with Crippen LogP contribution < -0.4 is 15.5 Å². The molecule has 0 bridgehead atoms. The molecule has 2 atom stereocenters. The normalized spacial score (nSPS) is 13.1. The zero-order valence-electron chi connectivity index (χ0n) is 13.6. The molecule has 5 nitrogen and oxygen atoms in total. The lowest BCUT2D eigenvalue weighted by atomic mass is 10.2. The van der Waals surface area contributed by atoms with E-state index in [4.69, 9.17) is 0 Å². The second kappa shape index (κ2) is 8.56. The summed E-state index contributed by atoms with van der Waals surface area (Å²) in [5.41, 5.74) is 0.532. The summed E-state index contributed by atoms with van der Waals surface area (Å²) in [6.07, 6.45) is 0. The minimum Gasteiger partial charge on any atom is -0.344 e. The van der Waals surface area contributed by atoms with Crippen molar-refractivity contribution in [3.63, 3.8) is 0 Å². The molecule has 2 aromatic rings. The van der Waals surface area contributed by atoms with Crippen molar-refractivity contribution in [1.29, 1.82) is 0 Å². The molecule has 1 aromatic carbocycles. The highest BCUT2D eigenvalue weighted by Crippen LogP contribution is 2.17. The van der Waals surface area contributed by atoms with Crippen LogP contribution in [0.25, 0.3) is 0 Å². The molecular weight excluding hydrogens is 329 g/mol. The Morgan fingerprint density at radius 1 is 1.17 bits per heavy atom. The van der Waals surface area contributed by atoms with Gasteiger partial charge >= 0.3 is 0 Å². The number of hydrogen-bond donors (Lipinski definition) is 3. The summed E-state index contributed by atoms with van der Waals surface area (Å²) in [6, 6.07) is 9.44. The van der Waals surface area contributed by atoms with Crippen molar-refractivity contribution in [3.8, 4) is 0 Å². The predicted molar refractivity (Wildman–Crippen MR) is 92.5 cm³/mol. The Kier molecular flexibility index (Phi) is 6.45. The Hall–Kier alpha value is -2.25. The van der Waals surface area contributed by atoms with Crippen molar-refractivity contribution >= 4 is 28.8 Å². The average Bonchev–Trinajstić information content (AvgIpc) is 3.03. The summed E-state index contributed by atoms with van der Waals surface area (Å²) in [5.74, 6) is -0.687. The quantitative estimate of drug-likeness (QED) is 0.703. The van der Waals surface area contributed by atoms with Crippen LogP contribution in [0.4, 0.5) is 10.1 Å². The number of anilines is 1. The number of amides is 2. The maximum atomic E-state index is 12.8. The molecule has 2 amide bonds. The van der Waals surface area contributed by atoms with E-state index in [2.05, 4.69) is 10.6 Å². The molecule has 3 N–H and O–H groups in total. The van der Waals surface area contributed by atoms with Gasteiger partial charge in [0, 0.05) is 10.6 Å². The zero-order valence-corrected chi connectivity index (χ0v) is 14.5. The first kappa shape index (κ1) is 18.1. The molecule has 24 heavy (non-hydrogen) atoms. The van der Waals surface area contributed by atoms with Crippen molar-refractivity contribution in [1.82, 2.24) is 5.32 Å². The number of likely N-dealkylation sites (N-methyl/N-ethyl adjacent to an activating group) is 1. The standard InChI is InChI=1S/C17H20FN3O2S/c1-12(15-4-3-9-24-15)19-16(22)10-21(2)11-17(23)20-14-7-5-13(18)6-8-14/h3-9,12H,10-11H2,1-2H3,(H,19,22)(H,20,23)/p+1/t12-/m0/s1. The lowest BCUT2D eigenvalue weighted by Crippen LogP contribution is -3.11. The minimum atomic E-state index is -0.354. The lowest BCUT2D eigenvalue weighted by Gasteiger charge is -2.16. The molecule has 7 heteroatoms. The number of halogens is 1. The molecule has 0 aliphatic heterocycles. The van der Waals surface area contributed by atoms with E-state index in [1.165, 1.54) is 24.3 Å². The topological polar surface area (TPSA) is 62.6 Å². The second-order valence-corrected chi connectivity index (χ2v) is 6.65. The first-order valence-electron chi connectivity index (χ1n) is 7.63. The van der Waals surface area contributed by atoms with Gasteiger partial charge < -0.3 is 15.5 Å². The third kappa shape index (κ3) is 5.75. The van der Waals surface area contributed by atoms with Gasteiger partial charge in [-0.15, -0.1) is 11.3 Å². The van der Waals surface area contributed by atoms with E-state index >= 15 is 0 Å². The van der Waals surface area contributed by atoms with E-state index in [1.807, 2.05) is 24.4 Å². The van der Waals surface area contributed by atoms with Crippen LogP contribution in [-0.4, -0.2) is 32.0 Å². The highest BCUT2D eigenvalue weighted by molar-refractivity contribution is 7.10. The summed E-state index contributed by atoms with van der Waals surface area (Å²) in [4.78, 5) is 25.8. The molecule has 0 radical (unpaired) electrons. The number of quaternary nitrogens is 1. The maximum Gasteiger partial charge on any atom is 0.279 e. The fourth-order valence-corrected chi connectivity index (χ4v) is 2.98. The van der Waals surface area contributed by atoms with Gasteiger partial charge in [0.2, 0.25) is 0 Å². The van der Waals surface area contributed by atoms with E-state index in [0.717, 1.165) is 9.78 Å². The molecular formula is C17H21FN3O2S+. The summed E-state index contributed by atoms with van der Waals surface area (Å²) in [7, 11) is 1.78. The van der Waals surface area contributed by atoms with Gasteiger partial charge in [0.15, 0.2) is 13.1 Å². The SMILES string of the molecule is C[C@H](NC(=O)C[NH+](C)CC(=O)Nc1ccc(F)cc1)c1cccs1. The van der Waals surface area contributed by atoms with Gasteiger partial charge in [0.1, 0.15) is 5.82 Å². The number of hydrogen-bond acceptors (Lipinski definition) is 3. The largest absolute Gasteiger partial charge is 0.344 e. The van der Waals surface area contributed by atoms with Crippen LogP contribution in [0, 0.1) is 5.82 Å². The van der Waals surface area contributed by atoms with Crippen molar-refractivity contribution in [3.05, 3.63) is 52.5 Å². The minimum absolute atomic E-state index is 0.0432. The third-order valence-electron chi connectivity index (χ3n) is 3.40. The van der Waals surface area contributed by atoms with E-state index < -0.39 is 0 Å². The van der Waals surface area contributed by atoms with Crippen LogP contribution in [-0.2, 0) is 9.59 Å². The zero-order chi connectivity index (χ0) is 17.5. The number of thiophene rings is 1. The van der Waals surface area contributed by atoms with E-state index in [0.29, 0.717) is 5.69 Å². The van der Waals surface area contributed by atoms with E-state index in [9.17, 15) is 14.0 Å². The van der Waals surface area contributed by atoms with Crippen molar-refractivity contribution in [2.24, 2.45) is 0 Å². The van der Waals surface area contributed by atoms with Crippen molar-refractivity contribution < 1.29 is 18.9 Å². The number of rotatable bonds is 7. The molecule has 0 aliphatic rings. The summed E-state index contributed by atoms with van der Waals surface area (Å²) in [5, 5.41) is 7.57. The van der Waals surface area contributed by atoms with Gasteiger partial charge in [-0.2, -0.15) is 0 Å². The van der Waals surface area contributed by atoms with Crippen LogP contribution >= 0.6 is 11.3 Å². The van der Waals surface area contributed by atoms with Gasteiger partial charge in [-0.05, 0) is 42.6 Å². The van der Waals surface area contributed by atoms with E-state index in [-0.39, 0.29) is 36.8 Å². The Balaban J connectivity index is 1.75.